The van der Waals surface area contributed by atoms with Gasteiger partial charge in [-0.1, -0.05) is 35.4 Å². The first kappa shape index (κ1) is 16.4. The Labute approximate surface area is 130 Å². The molecule has 0 atom stereocenters. The lowest BCUT2D eigenvalue weighted by Gasteiger charge is -2.08. The van der Waals surface area contributed by atoms with E-state index in [-0.39, 0.29) is 9.79 Å². The molecule has 0 bridgehead atoms. The fourth-order valence-electron chi connectivity index (χ4n) is 1.79. The van der Waals surface area contributed by atoms with Crippen molar-refractivity contribution in [3.05, 3.63) is 59.7 Å². The van der Waals surface area contributed by atoms with E-state index < -0.39 is 24.1 Å². The van der Waals surface area contributed by atoms with Crippen LogP contribution in [0.2, 0.25) is 0 Å². The predicted octanol–water partition coefficient (Wildman–Crippen LogP) is 2.49. The third-order valence-corrected chi connectivity index (χ3v) is 7.23. The normalized spacial score (nSPS) is 12.1. The van der Waals surface area contributed by atoms with Gasteiger partial charge >= 0.3 is 0 Å². The molecule has 0 aromatic heterocycles. The maximum Gasteiger partial charge on any atom is 0.249 e. The first-order valence-corrected chi connectivity index (χ1v) is 9.34. The zero-order chi connectivity index (χ0) is 16.5. The van der Waals surface area contributed by atoms with Crippen LogP contribution in [0.15, 0.2) is 58.3 Å². The van der Waals surface area contributed by atoms with E-state index >= 15 is 0 Å². The van der Waals surface area contributed by atoms with Gasteiger partial charge in [0, 0.05) is 0 Å². The number of hydrogen-bond acceptors (Lipinski definition) is 5. The molecular weight excluding hydrogens is 322 g/mol. The highest BCUT2D eigenvalue weighted by Gasteiger charge is 2.33. The molecule has 2 rings (SSSR count). The summed E-state index contributed by atoms with van der Waals surface area (Å²) in [5.74, 6) is 0. The topological polar surface area (TPSA) is 92.1 Å². The summed E-state index contributed by atoms with van der Waals surface area (Å²) in [6.07, 6.45) is 0. The van der Waals surface area contributed by atoms with Gasteiger partial charge in [-0.25, -0.2) is 16.8 Å². The van der Waals surface area contributed by atoms with E-state index in [1.54, 1.807) is 38.1 Å². The van der Waals surface area contributed by atoms with Gasteiger partial charge in [0.15, 0.2) is 0 Å². The molecule has 0 heterocycles. The highest BCUT2D eigenvalue weighted by atomic mass is 32.3. The minimum atomic E-state index is -4.38. The minimum Gasteiger partial charge on any atom is -0.279 e. The van der Waals surface area contributed by atoms with Gasteiger partial charge in [-0.2, -0.15) is 0 Å². The highest BCUT2D eigenvalue weighted by molar-refractivity contribution is 8.31. The van der Waals surface area contributed by atoms with Crippen LogP contribution in [0.5, 0.6) is 0 Å². The van der Waals surface area contributed by atoms with Gasteiger partial charge in [-0.3, -0.25) is 5.41 Å². The fraction of sp³-hybridized carbons (Fsp3) is 0.133. The zero-order valence-electron chi connectivity index (χ0n) is 12.1. The summed E-state index contributed by atoms with van der Waals surface area (Å²) in [6, 6.07) is 11.4. The van der Waals surface area contributed by atoms with Gasteiger partial charge in [0.25, 0.3) is 0 Å². The van der Waals surface area contributed by atoms with Crippen LogP contribution in [-0.2, 0) is 19.7 Å². The van der Waals surface area contributed by atoms with Crippen molar-refractivity contribution in [2.24, 2.45) is 0 Å². The molecule has 0 aliphatic carbocycles. The quantitative estimate of drug-likeness (QED) is 0.673. The van der Waals surface area contributed by atoms with Crippen LogP contribution in [0.4, 0.5) is 0 Å². The Morgan fingerprint density at radius 3 is 1.23 bits per heavy atom. The van der Waals surface area contributed by atoms with Gasteiger partial charge in [0.2, 0.25) is 24.1 Å². The maximum atomic E-state index is 12.3. The van der Waals surface area contributed by atoms with E-state index in [2.05, 4.69) is 0 Å². The van der Waals surface area contributed by atoms with Crippen LogP contribution in [0.25, 0.3) is 0 Å². The first-order valence-electron chi connectivity index (χ1n) is 6.38. The summed E-state index contributed by atoms with van der Waals surface area (Å²) in [4.78, 5) is -0.419. The first-order chi connectivity index (χ1) is 10.2. The molecule has 0 radical (unpaired) electrons. The third-order valence-electron chi connectivity index (χ3n) is 3.15. The Morgan fingerprint density at radius 2 is 0.955 bits per heavy atom. The summed E-state index contributed by atoms with van der Waals surface area (Å²) < 4.78 is 48.0. The van der Waals surface area contributed by atoms with Gasteiger partial charge in [-0.15, -0.1) is 0 Å². The van der Waals surface area contributed by atoms with Crippen molar-refractivity contribution in [3.8, 4) is 0 Å². The lowest BCUT2D eigenvalue weighted by molar-refractivity contribution is 0.602. The summed E-state index contributed by atoms with van der Waals surface area (Å²) >= 11 is 0. The molecule has 7 heteroatoms. The molecule has 0 amide bonds. The molecule has 0 saturated heterocycles. The van der Waals surface area contributed by atoms with Crippen molar-refractivity contribution in [3.63, 3.8) is 0 Å². The Bertz CT molecular complexity index is 833. The molecule has 1 N–H and O–H groups in total. The Hall–Kier alpha value is -1.99. The van der Waals surface area contributed by atoms with Crippen LogP contribution in [0.3, 0.4) is 0 Å². The highest BCUT2D eigenvalue weighted by Crippen LogP contribution is 2.21. The van der Waals surface area contributed by atoms with Gasteiger partial charge in [0.1, 0.15) is 0 Å². The monoisotopic (exact) mass is 337 g/mol. The van der Waals surface area contributed by atoms with Gasteiger partial charge < -0.3 is 0 Å². The summed E-state index contributed by atoms with van der Waals surface area (Å²) in [6.45, 7) is 3.57. The molecule has 2 aromatic carbocycles. The molecule has 0 aliphatic heterocycles. The summed E-state index contributed by atoms with van der Waals surface area (Å²) in [5, 5.41) is 7.70. The lowest BCUT2D eigenvalue weighted by Crippen LogP contribution is -2.24. The molecule has 0 unspecified atom stereocenters. The van der Waals surface area contributed by atoms with Crippen molar-refractivity contribution in [1.82, 2.24) is 0 Å². The minimum absolute atomic E-state index is 0.209. The van der Waals surface area contributed by atoms with Crippen LogP contribution >= 0.6 is 0 Å². The van der Waals surface area contributed by atoms with E-state index in [9.17, 15) is 16.8 Å². The van der Waals surface area contributed by atoms with Gasteiger partial charge in [-0.05, 0) is 38.1 Å². The molecule has 0 fully saturated rings. The number of aryl methyl sites for hydroxylation is 2. The lowest BCUT2D eigenvalue weighted by atomic mass is 10.2. The molecule has 0 spiro atoms. The second-order valence-electron chi connectivity index (χ2n) is 4.92. The summed E-state index contributed by atoms with van der Waals surface area (Å²) in [7, 11) is -8.75. The Balaban J connectivity index is 2.50. The average Bonchev–Trinajstić information content (AvgIpc) is 2.47. The second-order valence-corrected chi connectivity index (χ2v) is 8.95. The van der Waals surface area contributed by atoms with Crippen LogP contribution in [0, 0.1) is 19.3 Å². The smallest absolute Gasteiger partial charge is 0.249 e. The Kier molecular flexibility index (Phi) is 4.21. The van der Waals surface area contributed by atoms with Crippen molar-refractivity contribution in [1.29, 1.82) is 5.41 Å². The van der Waals surface area contributed by atoms with E-state index in [0.717, 1.165) is 11.1 Å². The zero-order valence-corrected chi connectivity index (χ0v) is 13.7. The molecule has 2 aromatic rings. The Morgan fingerprint density at radius 1 is 0.682 bits per heavy atom. The molecule has 5 nitrogen and oxygen atoms in total. The summed E-state index contributed by atoms with van der Waals surface area (Å²) in [5.41, 5.74) is 1.68. The predicted molar refractivity (Wildman–Crippen MR) is 84.5 cm³/mol. The second kappa shape index (κ2) is 5.66. The third kappa shape index (κ3) is 2.95. The molecule has 0 saturated carbocycles. The van der Waals surface area contributed by atoms with E-state index in [1.807, 2.05) is 0 Å². The average molecular weight is 337 g/mol. The van der Waals surface area contributed by atoms with Crippen molar-refractivity contribution in [2.45, 2.75) is 23.6 Å². The number of benzene rings is 2. The van der Waals surface area contributed by atoms with Gasteiger partial charge in [0.05, 0.1) is 9.79 Å². The van der Waals surface area contributed by atoms with Crippen LogP contribution in [0.1, 0.15) is 11.1 Å². The van der Waals surface area contributed by atoms with Crippen LogP contribution in [-0.4, -0.2) is 21.2 Å². The number of hydrogen-bond donors (Lipinski definition) is 1. The number of rotatable bonds is 2. The van der Waals surface area contributed by atoms with E-state index in [4.69, 9.17) is 5.41 Å². The van der Waals surface area contributed by atoms with Crippen molar-refractivity contribution < 1.29 is 16.8 Å². The molecular formula is C15H15NO4S2. The van der Waals surface area contributed by atoms with Crippen molar-refractivity contribution >= 4 is 24.1 Å². The maximum absolute atomic E-state index is 12.3. The number of nitrogens with one attached hydrogen (secondary N) is 1. The standard InChI is InChI=1S/C15H15NO4S2/c1-11-3-7-13(8-4-11)21(17,18)15(16)22(19,20)14-9-5-12(2)6-10-14/h3-10,16H,1-2H3. The molecule has 0 aliphatic rings. The molecule has 116 valence electrons. The van der Waals surface area contributed by atoms with Crippen LogP contribution < -0.4 is 0 Å². The largest absolute Gasteiger partial charge is 0.279 e. The fourth-order valence-corrected chi connectivity index (χ4v) is 4.94. The van der Waals surface area contributed by atoms with E-state index in [1.165, 1.54) is 24.3 Å². The molecule has 22 heavy (non-hydrogen) atoms. The SMILES string of the molecule is Cc1ccc(S(=O)(=O)C(=N)S(=O)(=O)c2ccc(C)cc2)cc1. The van der Waals surface area contributed by atoms with E-state index in [0.29, 0.717) is 0 Å². The number of sulfone groups is 2. The van der Waals surface area contributed by atoms with Crippen molar-refractivity contribution in [2.75, 3.05) is 0 Å².